The zero-order valence-corrected chi connectivity index (χ0v) is 11.6. The van der Waals surface area contributed by atoms with Crippen molar-refractivity contribution in [1.29, 1.82) is 5.26 Å². The van der Waals surface area contributed by atoms with Gasteiger partial charge >= 0.3 is 0 Å². The molecule has 20 heavy (non-hydrogen) atoms. The first-order chi connectivity index (χ1) is 9.51. The lowest BCUT2D eigenvalue weighted by molar-refractivity contribution is -0.156. The van der Waals surface area contributed by atoms with Crippen molar-refractivity contribution >= 4 is 11.6 Å². The van der Waals surface area contributed by atoms with E-state index in [0.29, 0.717) is 11.3 Å². The third kappa shape index (κ3) is 2.43. The van der Waals surface area contributed by atoms with Crippen LogP contribution in [-0.2, 0) is 16.9 Å². The van der Waals surface area contributed by atoms with Crippen molar-refractivity contribution in [2.75, 3.05) is 0 Å². The number of benzene rings is 1. The number of amides is 1. The first kappa shape index (κ1) is 14.2. The number of carbonyl (C=O) groups excluding carboxylic acids is 1. The molecule has 104 valence electrons. The maximum Gasteiger partial charge on any atom is 0.259 e. The molecule has 0 spiro atoms. The predicted molar refractivity (Wildman–Crippen MR) is 74.5 cm³/mol. The van der Waals surface area contributed by atoms with Crippen LogP contribution in [0.5, 0.6) is 0 Å². The number of hydrogen-bond acceptors (Lipinski definition) is 4. The fraction of sp³-hybridized carbons (Fsp3) is 0.400. The summed E-state index contributed by atoms with van der Waals surface area (Å²) in [7, 11) is 0. The minimum Gasteiger partial charge on any atom is -0.365 e. The Labute approximate surface area is 118 Å². The summed E-state index contributed by atoms with van der Waals surface area (Å²) < 4.78 is 0. The fourth-order valence-corrected chi connectivity index (χ4v) is 2.36. The van der Waals surface area contributed by atoms with Crippen molar-refractivity contribution in [2.24, 2.45) is 5.10 Å². The van der Waals surface area contributed by atoms with Crippen LogP contribution in [0.25, 0.3) is 0 Å². The predicted octanol–water partition coefficient (Wildman–Crippen LogP) is 1.92. The highest BCUT2D eigenvalue weighted by Crippen LogP contribution is 2.35. The van der Waals surface area contributed by atoms with Crippen molar-refractivity contribution in [3.05, 3.63) is 35.4 Å². The molecule has 0 radical (unpaired) electrons. The minimum absolute atomic E-state index is 0.260. The van der Waals surface area contributed by atoms with Crippen molar-refractivity contribution in [2.45, 2.75) is 38.8 Å². The molecule has 2 rings (SSSR count). The van der Waals surface area contributed by atoms with E-state index in [1.165, 1.54) is 0 Å². The molecular formula is C15H17N3O2. The normalized spacial score (nSPS) is 21.5. The summed E-state index contributed by atoms with van der Waals surface area (Å²) in [6.45, 7) is 3.81. The molecule has 0 bridgehead atoms. The molecule has 1 heterocycles. The summed E-state index contributed by atoms with van der Waals surface area (Å²) in [5, 5.41) is 24.6. The van der Waals surface area contributed by atoms with Crippen LogP contribution in [0.4, 0.5) is 0 Å². The number of hydrazone groups is 1. The second kappa shape index (κ2) is 5.43. The SMILES string of the molecule is CCc1ccc([C@]2(O)CC(C)=NN2C(=O)CC#N)cc1. The van der Waals surface area contributed by atoms with Crippen LogP contribution in [-0.4, -0.2) is 21.7 Å². The van der Waals surface area contributed by atoms with E-state index in [2.05, 4.69) is 12.0 Å². The number of rotatable bonds is 3. The monoisotopic (exact) mass is 271 g/mol. The van der Waals surface area contributed by atoms with Gasteiger partial charge in [0.1, 0.15) is 6.42 Å². The van der Waals surface area contributed by atoms with Gasteiger partial charge in [0, 0.05) is 17.7 Å². The molecule has 1 aliphatic rings. The zero-order valence-electron chi connectivity index (χ0n) is 11.6. The molecule has 1 aromatic rings. The van der Waals surface area contributed by atoms with E-state index in [1.807, 2.05) is 12.1 Å². The van der Waals surface area contributed by atoms with Crippen molar-refractivity contribution in [3.63, 3.8) is 0 Å². The molecule has 1 aliphatic heterocycles. The smallest absolute Gasteiger partial charge is 0.259 e. The molecule has 1 atom stereocenters. The molecule has 0 aromatic heterocycles. The summed E-state index contributed by atoms with van der Waals surface area (Å²) in [5.41, 5.74) is 0.951. The number of nitriles is 1. The lowest BCUT2D eigenvalue weighted by Crippen LogP contribution is -2.43. The summed E-state index contributed by atoms with van der Waals surface area (Å²) in [4.78, 5) is 11.9. The van der Waals surface area contributed by atoms with Gasteiger partial charge in [-0.3, -0.25) is 4.79 Å². The molecule has 1 N–H and O–H groups in total. The van der Waals surface area contributed by atoms with E-state index in [0.717, 1.165) is 17.0 Å². The van der Waals surface area contributed by atoms with Crippen LogP contribution in [0.2, 0.25) is 0 Å². The Kier molecular flexibility index (Phi) is 3.86. The summed E-state index contributed by atoms with van der Waals surface area (Å²) >= 11 is 0. The second-order valence-corrected chi connectivity index (χ2v) is 4.92. The van der Waals surface area contributed by atoms with Crippen LogP contribution in [0.3, 0.4) is 0 Å². The quantitative estimate of drug-likeness (QED) is 0.912. The second-order valence-electron chi connectivity index (χ2n) is 4.92. The summed E-state index contributed by atoms with van der Waals surface area (Å²) in [6, 6.07) is 9.25. The Morgan fingerprint density at radius 2 is 2.15 bits per heavy atom. The van der Waals surface area contributed by atoms with Gasteiger partial charge in [0.25, 0.3) is 5.91 Å². The molecule has 5 heteroatoms. The zero-order chi connectivity index (χ0) is 14.8. The van der Waals surface area contributed by atoms with Crippen molar-refractivity contribution in [3.8, 4) is 6.07 Å². The van der Waals surface area contributed by atoms with Crippen LogP contribution >= 0.6 is 0 Å². The van der Waals surface area contributed by atoms with Gasteiger partial charge in [-0.05, 0) is 18.9 Å². The molecule has 5 nitrogen and oxygen atoms in total. The molecule has 0 unspecified atom stereocenters. The van der Waals surface area contributed by atoms with Gasteiger partial charge in [-0.15, -0.1) is 0 Å². The van der Waals surface area contributed by atoms with Crippen LogP contribution in [0, 0.1) is 11.3 Å². The first-order valence-corrected chi connectivity index (χ1v) is 6.57. The lowest BCUT2D eigenvalue weighted by atomic mass is 9.96. The third-order valence-electron chi connectivity index (χ3n) is 3.41. The van der Waals surface area contributed by atoms with Gasteiger partial charge in [0.2, 0.25) is 0 Å². The Balaban J connectivity index is 2.36. The summed E-state index contributed by atoms with van der Waals surface area (Å²) in [5.74, 6) is -0.494. The molecule has 0 aliphatic carbocycles. The average molecular weight is 271 g/mol. The van der Waals surface area contributed by atoms with Crippen LogP contribution < -0.4 is 0 Å². The Morgan fingerprint density at radius 3 is 2.70 bits per heavy atom. The highest BCUT2D eigenvalue weighted by molar-refractivity contribution is 5.89. The molecular weight excluding hydrogens is 254 g/mol. The number of aliphatic hydroxyl groups is 1. The molecule has 1 amide bonds. The van der Waals surface area contributed by atoms with Gasteiger partial charge in [0.15, 0.2) is 5.72 Å². The van der Waals surface area contributed by atoms with Gasteiger partial charge in [0.05, 0.1) is 6.07 Å². The van der Waals surface area contributed by atoms with E-state index < -0.39 is 11.6 Å². The van der Waals surface area contributed by atoms with E-state index in [-0.39, 0.29) is 12.8 Å². The lowest BCUT2D eigenvalue weighted by Gasteiger charge is -2.31. The highest BCUT2D eigenvalue weighted by atomic mass is 16.3. The Hall–Kier alpha value is -2.19. The summed E-state index contributed by atoms with van der Waals surface area (Å²) in [6.07, 6.45) is 0.868. The number of hydrogen-bond donors (Lipinski definition) is 1. The van der Waals surface area contributed by atoms with Gasteiger partial charge in [-0.2, -0.15) is 15.4 Å². The fourth-order valence-electron chi connectivity index (χ4n) is 2.36. The molecule has 0 saturated heterocycles. The van der Waals surface area contributed by atoms with Crippen LogP contribution in [0.1, 0.15) is 37.8 Å². The molecule has 1 aromatic carbocycles. The topological polar surface area (TPSA) is 76.7 Å². The molecule has 0 saturated carbocycles. The standard InChI is InChI=1S/C15H17N3O2/c1-3-12-4-6-13(7-5-12)15(20)10-11(2)17-18(15)14(19)8-9-16/h4-7,20H,3,8,10H2,1-2H3/t15-/m1/s1. The third-order valence-corrected chi connectivity index (χ3v) is 3.41. The van der Waals surface area contributed by atoms with Crippen LogP contribution in [0.15, 0.2) is 29.4 Å². The average Bonchev–Trinajstić information content (AvgIpc) is 2.75. The van der Waals surface area contributed by atoms with E-state index in [1.54, 1.807) is 25.1 Å². The van der Waals surface area contributed by atoms with Crippen molar-refractivity contribution < 1.29 is 9.90 Å². The Bertz CT molecular complexity index is 586. The maximum absolute atomic E-state index is 11.9. The number of aryl methyl sites for hydroxylation is 1. The number of nitrogens with zero attached hydrogens (tertiary/aromatic N) is 3. The van der Waals surface area contributed by atoms with Gasteiger partial charge in [-0.1, -0.05) is 31.2 Å². The largest absolute Gasteiger partial charge is 0.365 e. The maximum atomic E-state index is 11.9. The highest BCUT2D eigenvalue weighted by Gasteiger charge is 2.44. The van der Waals surface area contributed by atoms with Gasteiger partial charge in [-0.25, -0.2) is 0 Å². The van der Waals surface area contributed by atoms with E-state index >= 15 is 0 Å². The Morgan fingerprint density at radius 1 is 1.50 bits per heavy atom. The van der Waals surface area contributed by atoms with Gasteiger partial charge < -0.3 is 5.11 Å². The minimum atomic E-state index is -1.48. The van der Waals surface area contributed by atoms with E-state index in [9.17, 15) is 9.90 Å². The first-order valence-electron chi connectivity index (χ1n) is 6.57. The van der Waals surface area contributed by atoms with Crippen molar-refractivity contribution in [1.82, 2.24) is 5.01 Å². The number of carbonyl (C=O) groups is 1. The van der Waals surface area contributed by atoms with E-state index in [4.69, 9.17) is 5.26 Å². The molecule has 0 fully saturated rings.